The Labute approximate surface area is 276 Å². The van der Waals surface area contributed by atoms with Crippen LogP contribution < -0.4 is 27.4 Å². The summed E-state index contributed by atoms with van der Waals surface area (Å²) in [5, 5.41) is 26.8. The van der Waals surface area contributed by atoms with Crippen LogP contribution >= 0.6 is 0 Å². The fraction of sp³-hybridized carbons (Fsp3) is 0.758. The molecule has 0 bridgehead atoms. The minimum absolute atomic E-state index is 0.0879. The van der Waals surface area contributed by atoms with Crippen LogP contribution in [0.1, 0.15) is 84.5 Å². The molecule has 0 fully saturated rings. The van der Waals surface area contributed by atoms with E-state index in [0.29, 0.717) is 77.8 Å². The van der Waals surface area contributed by atoms with Crippen LogP contribution in [0.2, 0.25) is 0 Å². The normalized spacial score (nSPS) is 12.7. The Morgan fingerprint density at radius 1 is 0.609 bits per heavy atom. The van der Waals surface area contributed by atoms with Crippen LogP contribution in [0.4, 0.5) is 0 Å². The Morgan fingerprint density at radius 3 is 1.41 bits per heavy atom. The average Bonchev–Trinajstić information content (AvgIpc) is 3.06. The van der Waals surface area contributed by atoms with Crippen LogP contribution in [0, 0.1) is 0 Å². The summed E-state index contributed by atoms with van der Waals surface area (Å²) in [6.45, 7) is 7.92. The number of nitrogens with two attached hydrogens (primary N) is 2. The molecule has 0 aromatic heterocycles. The molecular formula is C33H63N7O6. The summed E-state index contributed by atoms with van der Waals surface area (Å²) in [5.41, 5.74) is 11.1. The van der Waals surface area contributed by atoms with Crippen molar-refractivity contribution in [1.82, 2.24) is 25.8 Å². The highest BCUT2D eigenvalue weighted by molar-refractivity contribution is 5.82. The van der Waals surface area contributed by atoms with E-state index in [1.807, 2.05) is 22.0 Å². The summed E-state index contributed by atoms with van der Waals surface area (Å²) in [7, 11) is 0. The van der Waals surface area contributed by atoms with Crippen LogP contribution in [-0.2, 0) is 19.2 Å². The van der Waals surface area contributed by atoms with E-state index in [-0.39, 0.29) is 11.8 Å². The van der Waals surface area contributed by atoms with E-state index < -0.39 is 37.1 Å². The summed E-state index contributed by atoms with van der Waals surface area (Å²) in [6, 6.07) is -1.88. The lowest BCUT2D eigenvalue weighted by molar-refractivity contribution is -0.132. The number of hydrogen-bond donors (Lipinski definition) is 7. The van der Waals surface area contributed by atoms with Gasteiger partial charge in [-0.2, -0.15) is 0 Å². The van der Waals surface area contributed by atoms with Gasteiger partial charge >= 0.3 is 0 Å². The molecule has 0 aliphatic heterocycles. The monoisotopic (exact) mass is 653 g/mol. The van der Waals surface area contributed by atoms with Crippen LogP contribution in [0.25, 0.3) is 0 Å². The van der Waals surface area contributed by atoms with E-state index in [2.05, 4.69) is 41.9 Å². The molecule has 0 saturated carbocycles. The highest BCUT2D eigenvalue weighted by atomic mass is 16.3. The van der Waals surface area contributed by atoms with Gasteiger partial charge in [0.05, 0.1) is 13.2 Å². The highest BCUT2D eigenvalue weighted by Crippen LogP contribution is 2.05. The van der Waals surface area contributed by atoms with Gasteiger partial charge in [0, 0.05) is 52.1 Å². The fourth-order valence-electron chi connectivity index (χ4n) is 4.48. The molecule has 13 heteroatoms. The van der Waals surface area contributed by atoms with E-state index in [0.717, 1.165) is 45.2 Å². The molecule has 0 unspecified atom stereocenters. The van der Waals surface area contributed by atoms with Crippen molar-refractivity contribution in [1.29, 1.82) is 0 Å². The molecular weight excluding hydrogens is 590 g/mol. The zero-order valence-corrected chi connectivity index (χ0v) is 28.4. The molecule has 46 heavy (non-hydrogen) atoms. The van der Waals surface area contributed by atoms with Gasteiger partial charge in [-0.3, -0.25) is 19.2 Å². The van der Waals surface area contributed by atoms with E-state index in [1.165, 1.54) is 0 Å². The molecule has 0 rings (SSSR count). The number of rotatable bonds is 29. The highest BCUT2D eigenvalue weighted by Gasteiger charge is 2.16. The molecule has 0 radical (unpaired) electrons. The predicted octanol–water partition coefficient (Wildman–Crippen LogP) is 0.548. The first-order valence-corrected chi connectivity index (χ1v) is 17.1. The Hall–Kier alpha value is -2.84. The number of unbranched alkanes of at least 4 members (excludes halogenated alkanes) is 1. The van der Waals surface area contributed by atoms with Gasteiger partial charge in [-0.25, -0.2) is 0 Å². The lowest BCUT2D eigenvalue weighted by Gasteiger charge is -2.24. The van der Waals surface area contributed by atoms with E-state index in [4.69, 9.17) is 21.7 Å². The molecule has 0 aromatic carbocycles. The van der Waals surface area contributed by atoms with Crippen molar-refractivity contribution in [2.75, 3.05) is 65.6 Å². The molecule has 9 N–H and O–H groups in total. The Kier molecular flexibility index (Phi) is 27.7. The predicted molar refractivity (Wildman–Crippen MR) is 183 cm³/mol. The van der Waals surface area contributed by atoms with Crippen LogP contribution in [0.5, 0.6) is 0 Å². The van der Waals surface area contributed by atoms with Crippen LogP contribution in [-0.4, -0.2) is 121 Å². The number of hydrogen-bond acceptors (Lipinski definition) is 9. The SMILES string of the molecule is CCC=CCCC(=O)N(CCCCNCCCN(CCCNC(=O)[C@@H](N)CO)C(=O)CCC=CCC)CCCNC(=O)[C@@H](N)CO. The second-order valence-corrected chi connectivity index (χ2v) is 11.3. The number of aliphatic hydroxyl groups is 2. The molecule has 2 atom stereocenters. The number of nitrogens with zero attached hydrogens (tertiary/aromatic N) is 2. The minimum Gasteiger partial charge on any atom is -0.394 e. The summed E-state index contributed by atoms with van der Waals surface area (Å²) < 4.78 is 0. The van der Waals surface area contributed by atoms with Gasteiger partial charge in [-0.05, 0) is 70.9 Å². The van der Waals surface area contributed by atoms with Crippen LogP contribution in [0.15, 0.2) is 24.3 Å². The molecule has 0 aliphatic carbocycles. The second kappa shape index (κ2) is 29.6. The Bertz CT molecular complexity index is 817. The van der Waals surface area contributed by atoms with Crippen molar-refractivity contribution in [3.05, 3.63) is 24.3 Å². The zero-order valence-electron chi connectivity index (χ0n) is 28.4. The van der Waals surface area contributed by atoms with Crippen molar-refractivity contribution in [3.63, 3.8) is 0 Å². The Balaban J connectivity index is 4.61. The van der Waals surface area contributed by atoms with Gasteiger partial charge in [0.2, 0.25) is 23.6 Å². The van der Waals surface area contributed by atoms with Gasteiger partial charge in [0.1, 0.15) is 12.1 Å². The largest absolute Gasteiger partial charge is 0.394 e. The maximum absolute atomic E-state index is 12.8. The third kappa shape index (κ3) is 22.6. The summed E-state index contributed by atoms with van der Waals surface area (Å²) >= 11 is 0. The van der Waals surface area contributed by atoms with Crippen molar-refractivity contribution in [2.45, 2.75) is 96.6 Å². The van der Waals surface area contributed by atoms with Gasteiger partial charge in [0.25, 0.3) is 0 Å². The molecule has 0 spiro atoms. The maximum atomic E-state index is 12.8. The lowest BCUT2D eigenvalue weighted by atomic mass is 10.2. The lowest BCUT2D eigenvalue weighted by Crippen LogP contribution is -2.44. The molecule has 266 valence electrons. The summed E-state index contributed by atoms with van der Waals surface area (Å²) in [4.78, 5) is 53.0. The van der Waals surface area contributed by atoms with Crippen molar-refractivity contribution in [3.8, 4) is 0 Å². The molecule has 0 heterocycles. The third-order valence-corrected chi connectivity index (χ3v) is 7.25. The average molecular weight is 654 g/mol. The maximum Gasteiger partial charge on any atom is 0.239 e. The van der Waals surface area contributed by atoms with Crippen molar-refractivity contribution >= 4 is 23.6 Å². The van der Waals surface area contributed by atoms with E-state index in [1.54, 1.807) is 0 Å². The minimum atomic E-state index is -0.942. The number of allylic oxidation sites excluding steroid dienone is 4. The molecule has 13 nitrogen and oxygen atoms in total. The number of nitrogens with one attached hydrogen (secondary N) is 3. The second-order valence-electron chi connectivity index (χ2n) is 11.3. The first-order valence-electron chi connectivity index (χ1n) is 17.1. The van der Waals surface area contributed by atoms with Gasteiger partial charge in [-0.15, -0.1) is 0 Å². The van der Waals surface area contributed by atoms with E-state index in [9.17, 15) is 19.2 Å². The molecule has 4 amide bonds. The number of aliphatic hydroxyl groups excluding tert-OH is 2. The number of amides is 4. The zero-order chi connectivity index (χ0) is 34.4. The summed E-state index contributed by atoms with van der Waals surface area (Å²) in [5.74, 6) is -0.623. The fourth-order valence-corrected chi connectivity index (χ4v) is 4.48. The standard InChI is InChI=1S/C33H63N7O6/c1-3-5-7-9-16-30(43)39(24-14-20-37-32(45)28(34)26-41)22-12-11-18-36-19-13-23-40(31(44)17-10-8-6-4-2)25-15-21-38-33(46)29(35)27-42/h5-8,28-29,36,41-42H,3-4,9-27,34-35H2,1-2H3,(H,37,45)(H,38,46)/t28-,29-/m0/s1. The first kappa shape index (κ1) is 43.2. The molecule has 0 aromatic rings. The van der Waals surface area contributed by atoms with Gasteiger partial charge in [0.15, 0.2) is 0 Å². The van der Waals surface area contributed by atoms with Gasteiger partial charge in [-0.1, -0.05) is 38.2 Å². The van der Waals surface area contributed by atoms with E-state index >= 15 is 0 Å². The third-order valence-electron chi connectivity index (χ3n) is 7.25. The molecule has 0 saturated heterocycles. The van der Waals surface area contributed by atoms with Crippen molar-refractivity contribution < 1.29 is 29.4 Å². The first-order chi connectivity index (χ1) is 22.2. The topological polar surface area (TPSA) is 203 Å². The number of carbonyl (C=O) groups excluding carboxylic acids is 4. The molecule has 0 aliphatic rings. The van der Waals surface area contributed by atoms with Crippen LogP contribution in [0.3, 0.4) is 0 Å². The van der Waals surface area contributed by atoms with Gasteiger partial charge < -0.3 is 47.4 Å². The number of carbonyl (C=O) groups is 4. The quantitative estimate of drug-likeness (QED) is 0.0444. The smallest absolute Gasteiger partial charge is 0.239 e. The summed E-state index contributed by atoms with van der Waals surface area (Å²) in [6.07, 6.45) is 16.1. The Morgan fingerprint density at radius 2 is 1.00 bits per heavy atom. The van der Waals surface area contributed by atoms with Crippen molar-refractivity contribution in [2.24, 2.45) is 11.5 Å².